The van der Waals surface area contributed by atoms with Gasteiger partial charge in [-0.25, -0.2) is 13.2 Å². The number of hydrogen-bond donors (Lipinski definition) is 0. The molecule has 1 aromatic carbocycles. The van der Waals surface area contributed by atoms with E-state index >= 15 is 0 Å². The van der Waals surface area contributed by atoms with Crippen molar-refractivity contribution >= 4 is 15.9 Å². The Morgan fingerprint density at radius 2 is 1.89 bits per heavy atom. The summed E-state index contributed by atoms with van der Waals surface area (Å²) in [5.41, 5.74) is 0.0417. The second kappa shape index (κ2) is 4.29. The number of nitrogens with zero attached hydrogens (tertiary/aromatic N) is 1. The van der Waals surface area contributed by atoms with E-state index in [1.807, 2.05) is 0 Å². The zero-order valence-corrected chi connectivity index (χ0v) is 11.3. The van der Waals surface area contributed by atoms with Gasteiger partial charge in [0.1, 0.15) is 0 Å². The van der Waals surface area contributed by atoms with Gasteiger partial charge in [0, 0.05) is 0 Å². The van der Waals surface area contributed by atoms with E-state index in [1.165, 1.54) is 0 Å². The molecule has 19 heavy (non-hydrogen) atoms. The Labute approximate surface area is 112 Å². The first-order valence-electron chi connectivity index (χ1n) is 6.53. The molecule has 4 nitrogen and oxygen atoms in total. The van der Waals surface area contributed by atoms with Crippen LogP contribution >= 0.6 is 0 Å². The van der Waals surface area contributed by atoms with Crippen LogP contribution in [-0.2, 0) is 20.2 Å². The first-order chi connectivity index (χ1) is 9.10. The van der Waals surface area contributed by atoms with Crippen molar-refractivity contribution in [1.29, 1.82) is 0 Å². The molecule has 0 saturated heterocycles. The summed E-state index contributed by atoms with van der Waals surface area (Å²) >= 11 is 0. The van der Waals surface area contributed by atoms with Gasteiger partial charge < -0.3 is 0 Å². The third kappa shape index (κ3) is 1.94. The summed E-state index contributed by atoms with van der Waals surface area (Å²) < 4.78 is 25.1. The molecule has 0 radical (unpaired) electrons. The summed E-state index contributed by atoms with van der Waals surface area (Å²) in [6.07, 6.45) is 5.48. The van der Waals surface area contributed by atoms with E-state index in [2.05, 4.69) is 4.99 Å². The molecule has 0 amide bonds. The van der Waals surface area contributed by atoms with Gasteiger partial charge in [-0.3, -0.25) is 0 Å². The molecule has 1 aromatic rings. The molecule has 0 bridgehead atoms. The number of sulfone groups is 1. The maximum atomic E-state index is 12.6. The maximum absolute atomic E-state index is 12.6. The molecule has 2 fully saturated rings. The van der Waals surface area contributed by atoms with Crippen molar-refractivity contribution in [3.05, 3.63) is 29.8 Å². The van der Waals surface area contributed by atoms with Gasteiger partial charge in [0.05, 0.1) is 15.7 Å². The molecule has 0 aliphatic heterocycles. The van der Waals surface area contributed by atoms with Crippen LogP contribution in [0.1, 0.15) is 37.7 Å². The third-order valence-electron chi connectivity index (χ3n) is 4.17. The van der Waals surface area contributed by atoms with Crippen LogP contribution < -0.4 is 0 Å². The summed E-state index contributed by atoms with van der Waals surface area (Å²) in [4.78, 5) is 14.8. The van der Waals surface area contributed by atoms with Crippen molar-refractivity contribution in [1.82, 2.24) is 0 Å². The molecule has 2 saturated carbocycles. The van der Waals surface area contributed by atoms with Gasteiger partial charge >= 0.3 is 0 Å². The molecule has 0 aromatic heterocycles. The van der Waals surface area contributed by atoms with Crippen molar-refractivity contribution < 1.29 is 13.2 Å². The third-order valence-corrected chi connectivity index (χ3v) is 6.49. The van der Waals surface area contributed by atoms with Gasteiger partial charge in [-0.1, -0.05) is 24.6 Å². The summed E-state index contributed by atoms with van der Waals surface area (Å²) in [5, 5.41) is -0.260. The van der Waals surface area contributed by atoms with Crippen molar-refractivity contribution in [3.63, 3.8) is 0 Å². The Hall–Kier alpha value is -1.45. The highest BCUT2D eigenvalue weighted by atomic mass is 32.2. The van der Waals surface area contributed by atoms with Crippen LogP contribution in [0, 0.1) is 0 Å². The number of hydrogen-bond acceptors (Lipinski definition) is 4. The summed E-state index contributed by atoms with van der Waals surface area (Å²) in [7, 11) is -3.28. The van der Waals surface area contributed by atoms with Crippen LogP contribution in [0.15, 0.2) is 34.2 Å². The standard InChI is InChI=1S/C14H15NO3S/c16-10-15-14(8-9-14)12-6-1-2-7-13(12)19(17,18)11-4-3-5-11/h1-2,6-7,11H,3-5,8-9H2. The highest BCUT2D eigenvalue weighted by Crippen LogP contribution is 2.51. The summed E-state index contributed by atoms with van der Waals surface area (Å²) in [6.45, 7) is 0. The SMILES string of the molecule is O=C=NC1(c2ccccc2S(=O)(=O)C2CCC2)CC1. The molecular formula is C14H15NO3S. The predicted octanol–water partition coefficient (Wildman–Crippen LogP) is 2.34. The normalized spacial score (nSPS) is 21.3. The van der Waals surface area contributed by atoms with Crippen LogP contribution in [0.4, 0.5) is 0 Å². The van der Waals surface area contributed by atoms with Crippen LogP contribution in [0.2, 0.25) is 0 Å². The van der Waals surface area contributed by atoms with E-state index in [-0.39, 0.29) is 5.25 Å². The number of benzene rings is 1. The number of isocyanates is 1. The molecule has 5 heteroatoms. The first-order valence-corrected chi connectivity index (χ1v) is 8.07. The van der Waals surface area contributed by atoms with Gasteiger partial charge in [0.2, 0.25) is 6.08 Å². The van der Waals surface area contributed by atoms with Crippen molar-refractivity contribution in [2.75, 3.05) is 0 Å². The molecule has 2 aliphatic rings. The zero-order valence-electron chi connectivity index (χ0n) is 10.5. The lowest BCUT2D eigenvalue weighted by Crippen LogP contribution is -2.29. The van der Waals surface area contributed by atoms with E-state index in [9.17, 15) is 13.2 Å². The van der Waals surface area contributed by atoms with Crippen molar-refractivity contribution in [2.45, 2.75) is 47.8 Å². The fourth-order valence-electron chi connectivity index (χ4n) is 2.61. The van der Waals surface area contributed by atoms with Gasteiger partial charge in [0.15, 0.2) is 9.84 Å². The summed E-state index contributed by atoms with van der Waals surface area (Å²) in [6, 6.07) is 6.95. The molecule has 0 unspecified atom stereocenters. The first kappa shape index (κ1) is 12.6. The lowest BCUT2D eigenvalue weighted by molar-refractivity contribution is 0.475. The Bertz CT molecular complexity index is 651. The Balaban J connectivity index is 2.10. The van der Waals surface area contributed by atoms with E-state index in [0.717, 1.165) is 32.1 Å². The monoisotopic (exact) mass is 277 g/mol. The second-order valence-electron chi connectivity index (χ2n) is 5.33. The molecule has 0 atom stereocenters. The Morgan fingerprint density at radius 1 is 1.21 bits per heavy atom. The Kier molecular flexibility index (Phi) is 2.84. The predicted molar refractivity (Wildman–Crippen MR) is 70.3 cm³/mol. The topological polar surface area (TPSA) is 63.6 Å². The van der Waals surface area contributed by atoms with E-state index in [0.29, 0.717) is 10.5 Å². The molecule has 0 N–H and O–H groups in total. The molecule has 0 heterocycles. The van der Waals surface area contributed by atoms with Crippen molar-refractivity contribution in [2.24, 2.45) is 4.99 Å². The van der Waals surface area contributed by atoms with Crippen LogP contribution in [0.3, 0.4) is 0 Å². The van der Waals surface area contributed by atoms with E-state index in [4.69, 9.17) is 0 Å². The fraction of sp³-hybridized carbons (Fsp3) is 0.500. The zero-order chi connectivity index (χ0) is 13.5. The summed E-state index contributed by atoms with van der Waals surface area (Å²) in [5.74, 6) is 0. The lowest BCUT2D eigenvalue weighted by atomic mass is 10.00. The van der Waals surface area contributed by atoms with Gasteiger partial charge in [-0.05, 0) is 37.3 Å². The number of aliphatic imine (C=N–C) groups is 1. The second-order valence-corrected chi connectivity index (χ2v) is 7.53. The minimum atomic E-state index is -3.28. The largest absolute Gasteiger partial charge is 0.235 e. The van der Waals surface area contributed by atoms with Crippen LogP contribution in [0.5, 0.6) is 0 Å². The minimum absolute atomic E-state index is 0.260. The molecule has 0 spiro atoms. The van der Waals surface area contributed by atoms with Gasteiger partial charge in [-0.2, -0.15) is 4.99 Å². The highest BCUT2D eigenvalue weighted by molar-refractivity contribution is 7.92. The molecule has 3 rings (SSSR count). The van der Waals surface area contributed by atoms with Crippen LogP contribution in [-0.4, -0.2) is 19.7 Å². The Morgan fingerprint density at radius 3 is 2.42 bits per heavy atom. The van der Waals surface area contributed by atoms with E-state index in [1.54, 1.807) is 30.3 Å². The fourth-order valence-corrected chi connectivity index (χ4v) is 4.75. The molecular weight excluding hydrogens is 262 g/mol. The lowest BCUT2D eigenvalue weighted by Gasteiger charge is -2.27. The van der Waals surface area contributed by atoms with Crippen molar-refractivity contribution in [3.8, 4) is 0 Å². The van der Waals surface area contributed by atoms with Gasteiger partial charge in [-0.15, -0.1) is 0 Å². The smallest absolute Gasteiger partial charge is 0.223 e. The molecule has 100 valence electrons. The average Bonchev–Trinajstić information content (AvgIpc) is 3.08. The molecule has 2 aliphatic carbocycles. The number of rotatable bonds is 4. The quantitative estimate of drug-likeness (QED) is 0.627. The maximum Gasteiger partial charge on any atom is 0.235 e. The number of carbonyl (C=O) groups excluding carboxylic acids is 1. The average molecular weight is 277 g/mol. The van der Waals surface area contributed by atoms with E-state index < -0.39 is 15.4 Å². The van der Waals surface area contributed by atoms with Crippen LogP contribution in [0.25, 0.3) is 0 Å². The minimum Gasteiger partial charge on any atom is -0.223 e. The highest BCUT2D eigenvalue weighted by Gasteiger charge is 2.48. The van der Waals surface area contributed by atoms with Gasteiger partial charge in [0.25, 0.3) is 0 Å².